The Balaban J connectivity index is 1.45. The normalized spacial score (nSPS) is 31.7. The lowest BCUT2D eigenvalue weighted by Gasteiger charge is -2.52. The highest BCUT2D eigenvalue weighted by molar-refractivity contribution is 6.34. The molecule has 3 fully saturated rings. The molecule has 228 valence electrons. The molecule has 1 aromatic carbocycles. The van der Waals surface area contributed by atoms with Crippen molar-refractivity contribution in [2.45, 2.75) is 69.6 Å². The predicted molar refractivity (Wildman–Crippen MR) is 154 cm³/mol. The highest BCUT2D eigenvalue weighted by Gasteiger charge is 2.69. The van der Waals surface area contributed by atoms with Crippen molar-refractivity contribution in [2.24, 2.45) is 35.3 Å². The first-order chi connectivity index (χ1) is 19.8. The standard InChI is InChI=1S/C31H40ClN3O7/c1-34(2)25-19-12-16-11-18-22(26(37)21(16)28(39)31(19,42)29(40)23(27(25)38)30(33)41)20(36)13-17(24(18)32)14-35(3)10-9-15-7-5-4-6-8-15/h13,15-16,19,21,23,25,36,42H,4-12,14H2,1-3H3,(H2,33,41)/t16-,19-,21?,23?,25-,31-/m0/s1. The van der Waals surface area contributed by atoms with E-state index in [4.69, 9.17) is 17.3 Å². The summed E-state index contributed by atoms with van der Waals surface area (Å²) in [7, 11) is 5.11. The van der Waals surface area contributed by atoms with E-state index in [9.17, 15) is 34.2 Å². The van der Waals surface area contributed by atoms with Gasteiger partial charge in [0.1, 0.15) is 5.75 Å². The fraction of sp³-hybridized carbons (Fsp3) is 0.645. The summed E-state index contributed by atoms with van der Waals surface area (Å²) < 4.78 is 0. The highest BCUT2D eigenvalue weighted by atomic mass is 35.5. The molecule has 3 saturated carbocycles. The number of hydrogen-bond donors (Lipinski definition) is 3. The minimum Gasteiger partial charge on any atom is -0.507 e. The van der Waals surface area contributed by atoms with Crippen molar-refractivity contribution in [3.63, 3.8) is 0 Å². The van der Waals surface area contributed by atoms with Crippen LogP contribution in [0.1, 0.15) is 66.4 Å². The first-order valence-electron chi connectivity index (χ1n) is 14.8. The molecular weight excluding hydrogens is 562 g/mol. The van der Waals surface area contributed by atoms with E-state index in [1.807, 2.05) is 7.05 Å². The van der Waals surface area contributed by atoms with E-state index in [2.05, 4.69) is 4.90 Å². The Morgan fingerprint density at radius 3 is 2.38 bits per heavy atom. The van der Waals surface area contributed by atoms with Gasteiger partial charge in [-0.25, -0.2) is 0 Å². The second-order valence-corrected chi connectivity index (χ2v) is 13.4. The number of Topliss-reactive ketones (excluding diaryl/α,β-unsaturated/α-hetero) is 4. The lowest BCUT2D eigenvalue weighted by Crippen LogP contribution is -2.74. The largest absolute Gasteiger partial charge is 0.507 e. The molecule has 0 bridgehead atoms. The minimum atomic E-state index is -2.74. The molecule has 5 rings (SSSR count). The average molecular weight is 602 g/mol. The smallest absolute Gasteiger partial charge is 0.235 e. The van der Waals surface area contributed by atoms with Crippen LogP contribution >= 0.6 is 11.6 Å². The van der Waals surface area contributed by atoms with Crippen LogP contribution in [-0.4, -0.2) is 88.4 Å². The third kappa shape index (κ3) is 4.90. The molecular formula is C31H40ClN3O7. The fourth-order valence-electron chi connectivity index (χ4n) is 8.07. The predicted octanol–water partition coefficient (Wildman–Crippen LogP) is 1.92. The number of benzene rings is 1. The van der Waals surface area contributed by atoms with E-state index in [1.54, 1.807) is 14.1 Å². The zero-order valence-corrected chi connectivity index (χ0v) is 25.2. The Morgan fingerprint density at radius 2 is 1.76 bits per heavy atom. The maximum absolute atomic E-state index is 13.9. The number of primary amides is 1. The SMILES string of the molecule is CN(CCC1CCCCC1)Cc1cc(O)c2c(c1Cl)C[C@H]1C[C@H]3[C@H](N(C)C)C(=O)C(C(N)=O)C(=O)[C@@]3(O)C(=O)C1C2=O. The summed E-state index contributed by atoms with van der Waals surface area (Å²) in [5, 5.41) is 23.0. The molecule has 42 heavy (non-hydrogen) atoms. The van der Waals surface area contributed by atoms with Crippen LogP contribution < -0.4 is 5.73 Å². The van der Waals surface area contributed by atoms with Crippen LogP contribution in [0.5, 0.6) is 5.75 Å². The number of aromatic hydroxyl groups is 1. The number of amides is 1. The number of carbonyl (C=O) groups excluding carboxylic acids is 5. The van der Waals surface area contributed by atoms with Gasteiger partial charge in [0.05, 0.1) is 17.5 Å². The van der Waals surface area contributed by atoms with E-state index in [0.717, 1.165) is 13.0 Å². The van der Waals surface area contributed by atoms with Crippen LogP contribution in [0.3, 0.4) is 0 Å². The van der Waals surface area contributed by atoms with Crippen molar-refractivity contribution in [3.8, 4) is 5.75 Å². The van der Waals surface area contributed by atoms with Gasteiger partial charge < -0.3 is 20.8 Å². The van der Waals surface area contributed by atoms with Crippen molar-refractivity contribution < 1.29 is 34.2 Å². The van der Waals surface area contributed by atoms with Gasteiger partial charge in [-0.3, -0.25) is 28.9 Å². The molecule has 11 heteroatoms. The number of fused-ring (bicyclic) bond motifs is 3. The number of aliphatic hydroxyl groups is 1. The molecule has 0 spiro atoms. The van der Waals surface area contributed by atoms with Crippen molar-refractivity contribution in [1.82, 2.24) is 9.80 Å². The lowest BCUT2D eigenvalue weighted by molar-refractivity contribution is -0.181. The van der Waals surface area contributed by atoms with Crippen molar-refractivity contribution in [3.05, 3.63) is 27.8 Å². The maximum atomic E-state index is 13.9. The van der Waals surface area contributed by atoms with Crippen LogP contribution in [0.4, 0.5) is 0 Å². The molecule has 4 aliphatic carbocycles. The van der Waals surface area contributed by atoms with Crippen LogP contribution in [0, 0.1) is 29.6 Å². The molecule has 0 aromatic heterocycles. The number of phenols is 1. The number of carbonyl (C=O) groups is 5. The Hall–Kier alpha value is -2.66. The van der Waals surface area contributed by atoms with Crippen molar-refractivity contribution >= 4 is 40.6 Å². The molecule has 2 unspecified atom stereocenters. The third-order valence-electron chi connectivity index (χ3n) is 10.2. The molecule has 1 amide bonds. The zero-order valence-electron chi connectivity index (χ0n) is 24.4. The van der Waals surface area contributed by atoms with E-state index < -0.39 is 64.4 Å². The molecule has 4 N–H and O–H groups in total. The first-order valence-corrected chi connectivity index (χ1v) is 15.2. The number of ketones is 4. The molecule has 1 aromatic rings. The molecule has 0 saturated heterocycles. The lowest BCUT2D eigenvalue weighted by atomic mass is 9.52. The van der Waals surface area contributed by atoms with Gasteiger partial charge in [-0.05, 0) is 76.0 Å². The topological polar surface area (TPSA) is 158 Å². The minimum absolute atomic E-state index is 0.00744. The summed E-state index contributed by atoms with van der Waals surface area (Å²) in [6.45, 7) is 1.34. The van der Waals surface area contributed by atoms with Gasteiger partial charge in [0, 0.05) is 17.5 Å². The van der Waals surface area contributed by atoms with Gasteiger partial charge in [0.25, 0.3) is 0 Å². The number of phenolic OH excluding ortho intramolecular Hbond substituents is 1. The average Bonchev–Trinajstić information content (AvgIpc) is 2.92. The van der Waals surface area contributed by atoms with Gasteiger partial charge in [-0.2, -0.15) is 0 Å². The molecule has 4 aliphatic rings. The second kappa shape index (κ2) is 11.4. The zero-order chi connectivity index (χ0) is 30.7. The second-order valence-electron chi connectivity index (χ2n) is 13.0. The summed E-state index contributed by atoms with van der Waals surface area (Å²) in [6.07, 6.45) is 7.59. The van der Waals surface area contributed by atoms with Gasteiger partial charge in [0.2, 0.25) is 5.91 Å². The molecule has 0 heterocycles. The summed E-state index contributed by atoms with van der Waals surface area (Å²) in [5.41, 5.74) is 3.64. The van der Waals surface area contributed by atoms with Gasteiger partial charge in [0.15, 0.2) is 34.7 Å². The molecule has 10 nitrogen and oxygen atoms in total. The van der Waals surface area contributed by atoms with Gasteiger partial charge >= 0.3 is 0 Å². The number of rotatable bonds is 7. The van der Waals surface area contributed by atoms with Crippen LogP contribution in [0.25, 0.3) is 0 Å². The third-order valence-corrected chi connectivity index (χ3v) is 10.6. The number of likely N-dealkylation sites (N-methyl/N-ethyl adjacent to an activating group) is 1. The maximum Gasteiger partial charge on any atom is 0.235 e. The summed E-state index contributed by atoms with van der Waals surface area (Å²) >= 11 is 6.88. The molecule has 0 radical (unpaired) electrons. The fourth-order valence-corrected chi connectivity index (χ4v) is 8.36. The number of halogens is 1. The van der Waals surface area contributed by atoms with Gasteiger partial charge in [-0.15, -0.1) is 0 Å². The van der Waals surface area contributed by atoms with Crippen LogP contribution in [0.2, 0.25) is 5.02 Å². The molecule has 0 aliphatic heterocycles. The number of hydrogen-bond acceptors (Lipinski definition) is 9. The van der Waals surface area contributed by atoms with E-state index in [0.29, 0.717) is 28.6 Å². The van der Waals surface area contributed by atoms with Crippen molar-refractivity contribution in [2.75, 3.05) is 27.7 Å². The monoisotopic (exact) mass is 601 g/mol. The summed E-state index contributed by atoms with van der Waals surface area (Å²) in [6, 6.07) is 0.316. The van der Waals surface area contributed by atoms with E-state index >= 15 is 0 Å². The Bertz CT molecular complexity index is 1340. The van der Waals surface area contributed by atoms with Crippen LogP contribution in [0.15, 0.2) is 6.07 Å². The first kappa shape index (κ1) is 30.8. The van der Waals surface area contributed by atoms with Gasteiger partial charge in [-0.1, -0.05) is 43.7 Å². The summed E-state index contributed by atoms with van der Waals surface area (Å²) in [5.74, 6) is -9.93. The summed E-state index contributed by atoms with van der Waals surface area (Å²) in [4.78, 5) is 70.1. The Labute approximate surface area is 250 Å². The Kier molecular flexibility index (Phi) is 8.39. The van der Waals surface area contributed by atoms with Crippen molar-refractivity contribution in [1.29, 1.82) is 0 Å². The number of nitrogens with zero attached hydrogens (tertiary/aromatic N) is 2. The van der Waals surface area contributed by atoms with E-state index in [-0.39, 0.29) is 24.2 Å². The van der Waals surface area contributed by atoms with E-state index in [1.165, 1.54) is 43.1 Å². The molecule has 6 atom stereocenters. The van der Waals surface area contributed by atoms with Crippen LogP contribution in [-0.2, 0) is 32.1 Å². The highest BCUT2D eigenvalue weighted by Crippen LogP contribution is 2.51. The number of nitrogens with two attached hydrogens (primary N) is 1. The quantitative estimate of drug-likeness (QED) is 0.397. The Morgan fingerprint density at radius 1 is 1.10 bits per heavy atom.